The highest BCUT2D eigenvalue weighted by Gasteiger charge is 2.23. The smallest absolute Gasteiger partial charge is 0.288 e. The third kappa shape index (κ3) is 4.32. The molecule has 0 radical (unpaired) electrons. The summed E-state index contributed by atoms with van der Waals surface area (Å²) in [4.78, 5) is 31.7. The Morgan fingerprint density at radius 2 is 1.76 bits per heavy atom. The minimum Gasteiger partial charge on any atom is -0.288 e. The maximum atomic E-state index is 14.1. The Bertz CT molecular complexity index is 2170. The van der Waals surface area contributed by atoms with Crippen molar-refractivity contribution in [3.8, 4) is 17.3 Å². The number of aromatic nitrogens is 8. The number of pyridine rings is 1. The van der Waals surface area contributed by atoms with Gasteiger partial charge in [-0.2, -0.15) is 10.4 Å². The lowest BCUT2D eigenvalue weighted by molar-refractivity contribution is 0.444. The number of halogens is 4. The summed E-state index contributed by atoms with van der Waals surface area (Å²) in [5.74, 6) is -4.38. The van der Waals surface area contributed by atoms with Crippen molar-refractivity contribution in [2.45, 2.75) is 13.1 Å². The van der Waals surface area contributed by atoms with E-state index in [1.54, 1.807) is 7.05 Å². The van der Waals surface area contributed by atoms with E-state index in [4.69, 9.17) is 11.6 Å². The topological polar surface area (TPSA) is 129 Å². The lowest BCUT2D eigenvalue weighted by atomic mass is 10.1. The van der Waals surface area contributed by atoms with Crippen molar-refractivity contribution in [1.29, 1.82) is 5.26 Å². The number of hydrogen-bond donors (Lipinski definition) is 0. The zero-order valence-electron chi connectivity index (χ0n) is 20.9. The molecular formula is C26H15ClF3N9O2. The number of benzene rings is 2. The highest BCUT2D eigenvalue weighted by atomic mass is 35.5. The number of rotatable bonds is 5. The molecule has 0 unspecified atom stereocenters. The van der Waals surface area contributed by atoms with Crippen LogP contribution in [0.1, 0.15) is 17.0 Å². The number of aryl methyl sites for hydroxylation is 1. The summed E-state index contributed by atoms with van der Waals surface area (Å²) in [5.41, 5.74) is -0.613. The van der Waals surface area contributed by atoms with E-state index >= 15 is 0 Å². The van der Waals surface area contributed by atoms with E-state index in [1.807, 2.05) is 6.07 Å². The van der Waals surface area contributed by atoms with Crippen LogP contribution >= 0.6 is 11.6 Å². The van der Waals surface area contributed by atoms with Gasteiger partial charge in [0.05, 0.1) is 35.9 Å². The SMILES string of the molecule is Cn1cnc(Cn2c(=O)c3c(cc(-c4cc(C#N)ccc4Cl)n4cnnc34)n(Cc3cc(F)c(F)c(F)c3)c2=O)n1. The van der Waals surface area contributed by atoms with Crippen molar-refractivity contribution in [3.05, 3.63) is 109 Å². The number of nitrogens with zero attached hydrogens (tertiary/aromatic N) is 9. The molecular weight excluding hydrogens is 563 g/mol. The number of nitriles is 1. The second-order valence-corrected chi connectivity index (χ2v) is 9.50. The predicted octanol–water partition coefficient (Wildman–Crippen LogP) is 3.04. The molecule has 11 nitrogen and oxygen atoms in total. The Hall–Kier alpha value is -5.29. The molecule has 0 aliphatic rings. The summed E-state index contributed by atoms with van der Waals surface area (Å²) >= 11 is 6.47. The zero-order valence-corrected chi connectivity index (χ0v) is 21.6. The van der Waals surface area contributed by atoms with Gasteiger partial charge in [-0.3, -0.25) is 23.0 Å². The van der Waals surface area contributed by atoms with Crippen molar-refractivity contribution in [2.24, 2.45) is 7.05 Å². The van der Waals surface area contributed by atoms with Crippen LogP contribution in [0.3, 0.4) is 0 Å². The molecule has 2 aromatic carbocycles. The molecule has 0 atom stereocenters. The highest BCUT2D eigenvalue weighted by molar-refractivity contribution is 6.33. The van der Waals surface area contributed by atoms with Gasteiger partial charge in [0.25, 0.3) is 5.56 Å². The average Bonchev–Trinajstić information content (AvgIpc) is 3.60. The second-order valence-electron chi connectivity index (χ2n) is 9.09. The molecule has 15 heteroatoms. The Morgan fingerprint density at radius 1 is 1.00 bits per heavy atom. The molecule has 0 spiro atoms. The van der Waals surface area contributed by atoms with Crippen LogP contribution < -0.4 is 11.2 Å². The fourth-order valence-corrected chi connectivity index (χ4v) is 4.84. The van der Waals surface area contributed by atoms with Crippen molar-refractivity contribution >= 4 is 28.2 Å². The molecule has 0 amide bonds. The maximum absolute atomic E-state index is 14.1. The third-order valence-corrected chi connectivity index (χ3v) is 6.80. The summed E-state index contributed by atoms with van der Waals surface area (Å²) < 4.78 is 46.8. The van der Waals surface area contributed by atoms with Gasteiger partial charge in [-0.15, -0.1) is 10.2 Å². The minimum absolute atomic E-state index is 0.0318. The quantitative estimate of drug-likeness (QED) is 0.288. The zero-order chi connectivity index (χ0) is 29.0. The van der Waals surface area contributed by atoms with Crippen LogP contribution in [0.25, 0.3) is 27.8 Å². The summed E-state index contributed by atoms with van der Waals surface area (Å²) in [6.45, 7) is -0.770. The molecule has 6 rings (SSSR count). The van der Waals surface area contributed by atoms with E-state index in [2.05, 4.69) is 20.3 Å². The first-order valence-corrected chi connectivity index (χ1v) is 12.2. The number of fused-ring (bicyclic) bond motifs is 3. The van der Waals surface area contributed by atoms with Gasteiger partial charge in [0.15, 0.2) is 28.9 Å². The fraction of sp³-hybridized carbons (Fsp3) is 0.115. The van der Waals surface area contributed by atoms with Gasteiger partial charge in [-0.25, -0.2) is 22.9 Å². The third-order valence-electron chi connectivity index (χ3n) is 6.47. The minimum atomic E-state index is -1.66. The van der Waals surface area contributed by atoms with E-state index in [0.29, 0.717) is 16.8 Å². The van der Waals surface area contributed by atoms with E-state index in [-0.39, 0.29) is 39.5 Å². The average molecular weight is 578 g/mol. The molecule has 0 bridgehead atoms. The van der Waals surface area contributed by atoms with Crippen molar-refractivity contribution in [1.82, 2.24) is 38.5 Å². The first kappa shape index (κ1) is 26.0. The summed E-state index contributed by atoms with van der Waals surface area (Å²) in [7, 11) is 1.61. The Labute approximate surface area is 231 Å². The molecule has 204 valence electrons. The van der Waals surface area contributed by atoms with Crippen LogP contribution in [0, 0.1) is 28.8 Å². The van der Waals surface area contributed by atoms with Gasteiger partial charge >= 0.3 is 5.69 Å². The number of hydrogen-bond acceptors (Lipinski definition) is 7. The van der Waals surface area contributed by atoms with E-state index in [9.17, 15) is 28.0 Å². The molecule has 0 aliphatic carbocycles. The van der Waals surface area contributed by atoms with Gasteiger partial charge in [0.2, 0.25) is 0 Å². The van der Waals surface area contributed by atoms with E-state index in [1.165, 1.54) is 46.0 Å². The second kappa shape index (κ2) is 9.72. The van der Waals surface area contributed by atoms with Crippen molar-refractivity contribution in [2.75, 3.05) is 0 Å². The first-order valence-electron chi connectivity index (χ1n) is 11.8. The molecule has 4 aromatic heterocycles. The lowest BCUT2D eigenvalue weighted by Gasteiger charge is -2.17. The highest BCUT2D eigenvalue weighted by Crippen LogP contribution is 2.32. The fourth-order valence-electron chi connectivity index (χ4n) is 4.63. The van der Waals surface area contributed by atoms with E-state index < -0.39 is 35.2 Å². The Morgan fingerprint density at radius 3 is 2.44 bits per heavy atom. The monoisotopic (exact) mass is 577 g/mol. The molecule has 0 fully saturated rings. The van der Waals surface area contributed by atoms with Gasteiger partial charge in [0.1, 0.15) is 18.0 Å². The standard InChI is InChI=1S/C26H15ClF3N9O2/c1-36-11-32-21(35-36)10-38-25(40)22-20(37(26(38)41)9-14-5-17(28)23(30)18(29)6-14)7-19(39-12-33-34-24(22)39)15-4-13(8-31)2-3-16(15)27/h2-7,11-12H,9-10H2,1H3. The van der Waals surface area contributed by atoms with Gasteiger partial charge in [0, 0.05) is 17.6 Å². The predicted molar refractivity (Wildman–Crippen MR) is 140 cm³/mol. The van der Waals surface area contributed by atoms with Crippen LogP contribution in [-0.4, -0.2) is 38.5 Å². The molecule has 0 N–H and O–H groups in total. The first-order chi connectivity index (χ1) is 19.7. The largest absolute Gasteiger partial charge is 0.332 e. The summed E-state index contributed by atoms with van der Waals surface area (Å²) in [6.07, 6.45) is 2.73. The summed E-state index contributed by atoms with van der Waals surface area (Å²) in [6, 6.07) is 9.58. The van der Waals surface area contributed by atoms with Crippen molar-refractivity contribution in [3.63, 3.8) is 0 Å². The van der Waals surface area contributed by atoms with Gasteiger partial charge in [-0.05, 0) is 42.0 Å². The van der Waals surface area contributed by atoms with Gasteiger partial charge in [-0.1, -0.05) is 11.6 Å². The molecule has 0 saturated heterocycles. The Kier molecular flexibility index (Phi) is 6.15. The molecule has 0 saturated carbocycles. The normalized spacial score (nSPS) is 11.4. The Balaban J connectivity index is 1.71. The van der Waals surface area contributed by atoms with Crippen LogP contribution in [0.15, 0.2) is 58.6 Å². The maximum Gasteiger partial charge on any atom is 0.332 e. The van der Waals surface area contributed by atoms with Crippen LogP contribution in [0.5, 0.6) is 0 Å². The molecule has 0 aliphatic heterocycles. The van der Waals surface area contributed by atoms with Gasteiger partial charge < -0.3 is 0 Å². The molecule has 4 heterocycles. The van der Waals surface area contributed by atoms with Crippen LogP contribution in [0.4, 0.5) is 13.2 Å². The molecule has 41 heavy (non-hydrogen) atoms. The lowest BCUT2D eigenvalue weighted by Crippen LogP contribution is -2.41. The molecule has 6 aromatic rings. The van der Waals surface area contributed by atoms with Crippen LogP contribution in [-0.2, 0) is 20.1 Å². The van der Waals surface area contributed by atoms with Crippen LogP contribution in [0.2, 0.25) is 5.02 Å². The summed E-state index contributed by atoms with van der Waals surface area (Å²) in [5, 5.41) is 21.8. The van der Waals surface area contributed by atoms with E-state index in [0.717, 1.165) is 21.3 Å². The van der Waals surface area contributed by atoms with Crippen molar-refractivity contribution < 1.29 is 13.2 Å².